The first-order chi connectivity index (χ1) is 9.56. The number of rotatable bonds is 5. The molecule has 1 atom stereocenters. The van der Waals surface area contributed by atoms with Crippen molar-refractivity contribution >= 4 is 12.1 Å². The van der Waals surface area contributed by atoms with Gasteiger partial charge in [-0.2, -0.15) is 0 Å². The third kappa shape index (κ3) is 3.42. The number of hydroxylamine groups is 1. The van der Waals surface area contributed by atoms with Crippen LogP contribution in [0.1, 0.15) is 17.4 Å². The first-order valence-corrected chi connectivity index (χ1v) is 5.82. The minimum atomic E-state index is -0.949. The third-order valence-electron chi connectivity index (χ3n) is 2.60. The summed E-state index contributed by atoms with van der Waals surface area (Å²) in [5.41, 5.74) is 0.618. The quantitative estimate of drug-likeness (QED) is 0.295. The maximum absolute atomic E-state index is 11.6. The van der Waals surface area contributed by atoms with Crippen LogP contribution in [-0.4, -0.2) is 27.5 Å². The average molecular weight is 276 g/mol. The minimum absolute atomic E-state index is 0.0620. The molecule has 1 aromatic heterocycles. The topological polar surface area (TPSA) is 103 Å². The predicted molar refractivity (Wildman–Crippen MR) is 70.4 cm³/mol. The summed E-state index contributed by atoms with van der Waals surface area (Å²) in [7, 11) is 0. The van der Waals surface area contributed by atoms with Crippen LogP contribution in [0.3, 0.4) is 0 Å². The molecular formula is C13H12N2O5. The molecule has 0 amide bonds. The SMILES string of the molecule is O=[N+]([O-])c1ccc(/C=[N+](\[O-])C[C@H](O)c2ccccc2)o1. The molecule has 0 radical (unpaired) electrons. The Labute approximate surface area is 114 Å². The lowest BCUT2D eigenvalue weighted by Gasteiger charge is -2.10. The standard InChI is InChI=1S/C13H12N2O5/c16-12(10-4-2-1-3-5-10)9-14(17)8-11-6-7-13(20-11)15(18)19/h1-8,12,16H,9H2/b14-8-/t12-/m0/s1. The highest BCUT2D eigenvalue weighted by Gasteiger charge is 2.14. The molecule has 0 aliphatic heterocycles. The summed E-state index contributed by atoms with van der Waals surface area (Å²) in [4.78, 5) is 9.74. The lowest BCUT2D eigenvalue weighted by Crippen LogP contribution is -2.15. The van der Waals surface area contributed by atoms with Gasteiger partial charge in [-0.15, -0.1) is 0 Å². The van der Waals surface area contributed by atoms with Gasteiger partial charge in [0.05, 0.1) is 6.07 Å². The van der Waals surface area contributed by atoms with Crippen LogP contribution in [0.15, 0.2) is 46.9 Å². The lowest BCUT2D eigenvalue weighted by atomic mass is 10.1. The van der Waals surface area contributed by atoms with E-state index in [-0.39, 0.29) is 12.3 Å². The van der Waals surface area contributed by atoms with Crippen LogP contribution < -0.4 is 0 Å². The van der Waals surface area contributed by atoms with Gasteiger partial charge >= 0.3 is 5.88 Å². The van der Waals surface area contributed by atoms with Crippen molar-refractivity contribution in [1.82, 2.24) is 0 Å². The van der Waals surface area contributed by atoms with E-state index in [0.29, 0.717) is 10.3 Å². The van der Waals surface area contributed by atoms with E-state index in [0.717, 1.165) is 12.3 Å². The van der Waals surface area contributed by atoms with Crippen molar-refractivity contribution in [3.8, 4) is 0 Å². The molecule has 104 valence electrons. The molecule has 0 fully saturated rings. The van der Waals surface area contributed by atoms with Crippen molar-refractivity contribution in [2.75, 3.05) is 6.54 Å². The maximum atomic E-state index is 11.6. The predicted octanol–water partition coefficient (Wildman–Crippen LogP) is 1.85. The molecule has 7 heteroatoms. The Balaban J connectivity index is 2.05. The highest BCUT2D eigenvalue weighted by Crippen LogP contribution is 2.15. The van der Waals surface area contributed by atoms with Crippen LogP contribution >= 0.6 is 0 Å². The van der Waals surface area contributed by atoms with E-state index >= 15 is 0 Å². The van der Waals surface area contributed by atoms with E-state index < -0.39 is 16.9 Å². The number of aliphatic hydroxyl groups is 1. The Hall–Kier alpha value is -2.67. The second kappa shape index (κ2) is 5.98. The van der Waals surface area contributed by atoms with Crippen LogP contribution in [0.25, 0.3) is 0 Å². The Kier molecular flexibility index (Phi) is 4.11. The van der Waals surface area contributed by atoms with E-state index in [9.17, 15) is 20.4 Å². The molecule has 2 rings (SSSR count). The minimum Gasteiger partial charge on any atom is -0.624 e. The van der Waals surface area contributed by atoms with E-state index in [1.54, 1.807) is 30.3 Å². The van der Waals surface area contributed by atoms with E-state index in [1.807, 2.05) is 0 Å². The molecule has 1 N–H and O–H groups in total. The van der Waals surface area contributed by atoms with Gasteiger partial charge < -0.3 is 14.7 Å². The number of aliphatic hydroxyl groups excluding tert-OH is 1. The highest BCUT2D eigenvalue weighted by atomic mass is 16.6. The van der Waals surface area contributed by atoms with Crippen LogP contribution in [0, 0.1) is 15.3 Å². The van der Waals surface area contributed by atoms with Crippen LogP contribution in [0.4, 0.5) is 5.88 Å². The van der Waals surface area contributed by atoms with Gasteiger partial charge in [0.15, 0.2) is 12.3 Å². The van der Waals surface area contributed by atoms with Gasteiger partial charge in [-0.1, -0.05) is 30.3 Å². The van der Waals surface area contributed by atoms with Gasteiger partial charge in [-0.25, -0.2) is 4.74 Å². The van der Waals surface area contributed by atoms with Crippen molar-refractivity contribution in [3.05, 3.63) is 69.1 Å². The zero-order valence-electron chi connectivity index (χ0n) is 10.4. The molecule has 0 unspecified atom stereocenters. The zero-order valence-corrected chi connectivity index (χ0v) is 10.4. The van der Waals surface area contributed by atoms with Crippen LogP contribution in [0.5, 0.6) is 0 Å². The number of benzene rings is 1. The molecule has 0 saturated carbocycles. The molecule has 0 aliphatic rings. The molecular weight excluding hydrogens is 264 g/mol. The van der Waals surface area contributed by atoms with Gasteiger partial charge in [0.1, 0.15) is 11.0 Å². The monoisotopic (exact) mass is 276 g/mol. The van der Waals surface area contributed by atoms with Crippen molar-refractivity contribution in [2.45, 2.75) is 6.10 Å². The van der Waals surface area contributed by atoms with E-state index in [1.165, 1.54) is 6.07 Å². The van der Waals surface area contributed by atoms with E-state index in [4.69, 9.17) is 4.42 Å². The summed E-state index contributed by atoms with van der Waals surface area (Å²) in [6, 6.07) is 11.2. The Bertz CT molecular complexity index is 621. The lowest BCUT2D eigenvalue weighted by molar-refractivity contribution is -0.465. The smallest absolute Gasteiger partial charge is 0.433 e. The Morgan fingerprint density at radius 3 is 2.50 bits per heavy atom. The molecule has 7 nitrogen and oxygen atoms in total. The van der Waals surface area contributed by atoms with Crippen molar-refractivity contribution in [1.29, 1.82) is 0 Å². The fourth-order valence-corrected chi connectivity index (χ4v) is 1.66. The fourth-order valence-electron chi connectivity index (χ4n) is 1.66. The van der Waals surface area contributed by atoms with Gasteiger partial charge in [0.2, 0.25) is 6.21 Å². The molecule has 2 aromatic rings. The van der Waals surface area contributed by atoms with Gasteiger partial charge in [-0.3, -0.25) is 10.1 Å². The second-order valence-corrected chi connectivity index (χ2v) is 4.09. The first-order valence-electron chi connectivity index (χ1n) is 5.82. The molecule has 1 heterocycles. The number of nitrogens with zero attached hydrogens (tertiary/aromatic N) is 2. The summed E-state index contributed by atoms with van der Waals surface area (Å²) in [6.07, 6.45) is 0.106. The summed E-state index contributed by atoms with van der Waals surface area (Å²) in [6.45, 7) is -0.196. The number of hydrogen-bond acceptors (Lipinski definition) is 5. The second-order valence-electron chi connectivity index (χ2n) is 4.09. The maximum Gasteiger partial charge on any atom is 0.433 e. The summed E-state index contributed by atoms with van der Waals surface area (Å²) < 4.78 is 5.30. The normalized spacial score (nSPS) is 13.2. The van der Waals surface area contributed by atoms with Gasteiger partial charge in [0.25, 0.3) is 0 Å². The van der Waals surface area contributed by atoms with Gasteiger partial charge in [-0.05, 0) is 11.6 Å². The van der Waals surface area contributed by atoms with Crippen molar-refractivity contribution in [3.63, 3.8) is 0 Å². The number of hydrogen-bond donors (Lipinski definition) is 1. The molecule has 0 aliphatic carbocycles. The molecule has 20 heavy (non-hydrogen) atoms. The summed E-state index contributed by atoms with van der Waals surface area (Å²) in [5, 5.41) is 31.9. The molecule has 1 aromatic carbocycles. The number of nitro groups is 1. The third-order valence-corrected chi connectivity index (χ3v) is 2.60. The molecule has 0 spiro atoms. The van der Waals surface area contributed by atoms with Crippen molar-refractivity contribution in [2.24, 2.45) is 0 Å². The van der Waals surface area contributed by atoms with Crippen molar-refractivity contribution < 1.29 is 19.2 Å². The van der Waals surface area contributed by atoms with Gasteiger partial charge in [0, 0.05) is 0 Å². The largest absolute Gasteiger partial charge is 0.624 e. The van der Waals surface area contributed by atoms with Crippen LogP contribution in [-0.2, 0) is 0 Å². The summed E-state index contributed by atoms with van der Waals surface area (Å²) >= 11 is 0. The first kappa shape index (κ1) is 13.8. The Morgan fingerprint density at radius 1 is 1.20 bits per heavy atom. The fraction of sp³-hybridized carbons (Fsp3) is 0.154. The zero-order chi connectivity index (χ0) is 14.5. The van der Waals surface area contributed by atoms with Crippen LogP contribution in [0.2, 0.25) is 0 Å². The van der Waals surface area contributed by atoms with E-state index in [2.05, 4.69) is 0 Å². The molecule has 0 bridgehead atoms. The Morgan fingerprint density at radius 2 is 1.90 bits per heavy atom. The average Bonchev–Trinajstić information content (AvgIpc) is 2.88. The summed E-state index contributed by atoms with van der Waals surface area (Å²) in [5.74, 6) is -0.375. The highest BCUT2D eigenvalue weighted by molar-refractivity contribution is 5.72. The molecule has 0 saturated heterocycles. The number of furan rings is 1.